The second-order valence-electron chi connectivity index (χ2n) is 6.82. The average Bonchev–Trinajstić information content (AvgIpc) is 2.82. The van der Waals surface area contributed by atoms with Crippen LogP contribution in [0, 0.1) is 0 Å². The first-order valence-electron chi connectivity index (χ1n) is 9.69. The molecule has 0 bridgehead atoms. The van der Waals surface area contributed by atoms with E-state index in [1.54, 1.807) is 49.1 Å². The SMILES string of the molecule is O=C(Nc1ccc(Cl)cc1)c1cc(=O)n(Cc2cccnc2)c(=NCc2cccnc2)s1. The standard InChI is InChI=1S/C23H18ClN5O2S/c24-18-5-7-19(8-6-18)28-22(31)20-11-21(30)29(15-17-4-2-10-26-13-17)23(32-20)27-14-16-3-1-9-25-12-16/h1-13H,14-15H2,(H,28,31). The van der Waals surface area contributed by atoms with Crippen LogP contribution in [0.4, 0.5) is 5.69 Å². The van der Waals surface area contributed by atoms with Gasteiger partial charge < -0.3 is 5.32 Å². The molecule has 3 heterocycles. The van der Waals surface area contributed by atoms with Gasteiger partial charge in [0.2, 0.25) is 0 Å². The zero-order valence-electron chi connectivity index (χ0n) is 16.8. The van der Waals surface area contributed by atoms with E-state index >= 15 is 0 Å². The molecule has 0 spiro atoms. The number of amides is 1. The van der Waals surface area contributed by atoms with Crippen molar-refractivity contribution in [2.45, 2.75) is 13.1 Å². The van der Waals surface area contributed by atoms with E-state index in [-0.39, 0.29) is 16.3 Å². The third kappa shape index (κ3) is 5.54. The van der Waals surface area contributed by atoms with Crippen molar-refractivity contribution in [2.75, 3.05) is 5.32 Å². The van der Waals surface area contributed by atoms with Crippen molar-refractivity contribution in [1.29, 1.82) is 0 Å². The van der Waals surface area contributed by atoms with Gasteiger partial charge in [0.15, 0.2) is 4.80 Å². The number of pyridine rings is 2. The van der Waals surface area contributed by atoms with Crippen LogP contribution in [0.2, 0.25) is 5.02 Å². The van der Waals surface area contributed by atoms with Gasteiger partial charge in [-0.1, -0.05) is 35.1 Å². The molecule has 0 radical (unpaired) electrons. The number of hydrogen-bond donors (Lipinski definition) is 1. The van der Waals surface area contributed by atoms with E-state index in [1.807, 2.05) is 24.3 Å². The number of anilines is 1. The van der Waals surface area contributed by atoms with Gasteiger partial charge in [-0.05, 0) is 47.5 Å². The van der Waals surface area contributed by atoms with E-state index in [2.05, 4.69) is 20.3 Å². The van der Waals surface area contributed by atoms with Crippen LogP contribution >= 0.6 is 22.9 Å². The second-order valence-corrected chi connectivity index (χ2v) is 8.26. The number of carbonyl (C=O) groups is 1. The largest absolute Gasteiger partial charge is 0.321 e. The number of hydrogen-bond acceptors (Lipinski definition) is 6. The van der Waals surface area contributed by atoms with Gasteiger partial charge in [-0.25, -0.2) is 0 Å². The number of rotatable bonds is 6. The molecule has 0 saturated carbocycles. The zero-order chi connectivity index (χ0) is 22.3. The molecule has 0 aliphatic carbocycles. The van der Waals surface area contributed by atoms with Crippen LogP contribution in [0.3, 0.4) is 0 Å². The van der Waals surface area contributed by atoms with E-state index < -0.39 is 0 Å². The Balaban J connectivity index is 1.70. The number of aromatic nitrogens is 3. The first-order chi connectivity index (χ1) is 15.6. The minimum atomic E-state index is -0.388. The monoisotopic (exact) mass is 463 g/mol. The fourth-order valence-electron chi connectivity index (χ4n) is 2.89. The maximum absolute atomic E-state index is 13.0. The Labute approximate surface area is 192 Å². The molecular formula is C23H18ClN5O2S. The summed E-state index contributed by atoms with van der Waals surface area (Å²) in [6, 6.07) is 15.5. The van der Waals surface area contributed by atoms with Crippen molar-refractivity contribution in [2.24, 2.45) is 4.99 Å². The predicted molar refractivity (Wildman–Crippen MR) is 125 cm³/mol. The Bertz CT molecular complexity index is 1340. The molecule has 0 saturated heterocycles. The smallest absolute Gasteiger partial charge is 0.266 e. The second kappa shape index (κ2) is 10.1. The summed E-state index contributed by atoms with van der Waals surface area (Å²) in [5, 5.41) is 3.36. The molecule has 1 amide bonds. The molecule has 0 unspecified atom stereocenters. The molecule has 4 rings (SSSR count). The lowest BCUT2D eigenvalue weighted by atomic mass is 10.3. The number of carbonyl (C=O) groups excluding carboxylic acids is 1. The van der Waals surface area contributed by atoms with Crippen molar-refractivity contribution in [1.82, 2.24) is 14.5 Å². The van der Waals surface area contributed by atoms with Crippen molar-refractivity contribution >= 4 is 34.5 Å². The summed E-state index contributed by atoms with van der Waals surface area (Å²) < 4.78 is 1.54. The summed E-state index contributed by atoms with van der Waals surface area (Å²) in [7, 11) is 0. The lowest BCUT2D eigenvalue weighted by molar-refractivity contribution is 0.103. The number of halogens is 1. The quantitative estimate of drug-likeness (QED) is 0.471. The van der Waals surface area contributed by atoms with Crippen molar-refractivity contribution in [3.05, 3.63) is 116 Å². The normalized spacial score (nSPS) is 11.3. The van der Waals surface area contributed by atoms with Gasteiger partial charge in [-0.15, -0.1) is 0 Å². The Morgan fingerprint density at radius 3 is 2.38 bits per heavy atom. The van der Waals surface area contributed by atoms with E-state index in [4.69, 9.17) is 11.6 Å². The Morgan fingerprint density at radius 1 is 1.03 bits per heavy atom. The summed E-state index contributed by atoms with van der Waals surface area (Å²) in [5.41, 5.74) is 2.02. The highest BCUT2D eigenvalue weighted by Crippen LogP contribution is 2.15. The van der Waals surface area contributed by atoms with Gasteiger partial charge in [0.1, 0.15) is 4.88 Å². The number of benzene rings is 1. The van der Waals surface area contributed by atoms with Gasteiger partial charge in [0, 0.05) is 41.6 Å². The summed E-state index contributed by atoms with van der Waals surface area (Å²) >= 11 is 7.05. The van der Waals surface area contributed by atoms with Gasteiger partial charge in [0.25, 0.3) is 11.5 Å². The molecule has 1 N–H and O–H groups in total. The Morgan fingerprint density at radius 2 is 1.72 bits per heavy atom. The maximum atomic E-state index is 13.0. The molecule has 160 valence electrons. The molecule has 32 heavy (non-hydrogen) atoms. The third-order valence-electron chi connectivity index (χ3n) is 4.46. The molecule has 4 aromatic rings. The number of nitrogens with one attached hydrogen (secondary N) is 1. The van der Waals surface area contributed by atoms with Crippen molar-refractivity contribution in [3.8, 4) is 0 Å². The van der Waals surface area contributed by atoms with Crippen LogP contribution in [-0.2, 0) is 13.1 Å². The third-order valence-corrected chi connectivity index (χ3v) is 5.77. The van der Waals surface area contributed by atoms with E-state index in [0.29, 0.717) is 28.6 Å². The molecule has 0 atom stereocenters. The molecule has 7 nitrogen and oxygen atoms in total. The fourth-order valence-corrected chi connectivity index (χ4v) is 3.91. The highest BCUT2D eigenvalue weighted by molar-refractivity contribution is 7.11. The maximum Gasteiger partial charge on any atom is 0.266 e. The van der Waals surface area contributed by atoms with E-state index in [0.717, 1.165) is 22.5 Å². The Hall–Kier alpha value is -3.62. The van der Waals surface area contributed by atoms with Gasteiger partial charge in [0.05, 0.1) is 13.1 Å². The summed E-state index contributed by atoms with van der Waals surface area (Å²) in [6.07, 6.45) is 6.77. The van der Waals surface area contributed by atoms with Crippen molar-refractivity contribution < 1.29 is 4.79 Å². The van der Waals surface area contributed by atoms with E-state index in [1.165, 1.54) is 10.6 Å². The lowest BCUT2D eigenvalue weighted by Gasteiger charge is -2.09. The van der Waals surface area contributed by atoms with Crippen LogP contribution in [0.1, 0.15) is 20.8 Å². The predicted octanol–water partition coefficient (Wildman–Crippen LogP) is 3.75. The molecule has 3 aromatic heterocycles. The van der Waals surface area contributed by atoms with Gasteiger partial charge in [-0.2, -0.15) is 0 Å². The first kappa shape index (κ1) is 21.6. The average molecular weight is 464 g/mol. The summed E-state index contributed by atoms with van der Waals surface area (Å²) in [6.45, 7) is 0.632. The minimum absolute atomic E-state index is 0.261. The highest BCUT2D eigenvalue weighted by Gasteiger charge is 2.12. The first-order valence-corrected chi connectivity index (χ1v) is 10.9. The van der Waals surface area contributed by atoms with Crippen LogP contribution in [0.15, 0.2) is 89.2 Å². The molecule has 1 aromatic carbocycles. The van der Waals surface area contributed by atoms with Gasteiger partial charge in [-0.3, -0.25) is 29.1 Å². The fraction of sp³-hybridized carbons (Fsp3) is 0.0870. The van der Waals surface area contributed by atoms with Gasteiger partial charge >= 0.3 is 0 Å². The molecule has 0 aliphatic heterocycles. The molecular weight excluding hydrogens is 446 g/mol. The molecule has 0 fully saturated rings. The summed E-state index contributed by atoms with van der Waals surface area (Å²) in [4.78, 5) is 39.3. The topological polar surface area (TPSA) is 89.2 Å². The molecule has 0 aliphatic rings. The van der Waals surface area contributed by atoms with Crippen LogP contribution < -0.4 is 15.7 Å². The zero-order valence-corrected chi connectivity index (χ0v) is 18.4. The summed E-state index contributed by atoms with van der Waals surface area (Å²) in [5.74, 6) is -0.388. The highest BCUT2D eigenvalue weighted by atomic mass is 35.5. The minimum Gasteiger partial charge on any atom is -0.321 e. The number of nitrogens with zero attached hydrogens (tertiary/aromatic N) is 4. The Kier molecular flexibility index (Phi) is 6.84. The van der Waals surface area contributed by atoms with Crippen LogP contribution in [0.5, 0.6) is 0 Å². The molecule has 9 heteroatoms. The van der Waals surface area contributed by atoms with Crippen molar-refractivity contribution in [3.63, 3.8) is 0 Å². The van der Waals surface area contributed by atoms with Crippen LogP contribution in [-0.4, -0.2) is 20.4 Å². The van der Waals surface area contributed by atoms with E-state index in [9.17, 15) is 9.59 Å². The lowest BCUT2D eigenvalue weighted by Crippen LogP contribution is -2.33. The van der Waals surface area contributed by atoms with Crippen LogP contribution in [0.25, 0.3) is 0 Å².